The number of aryl methyl sites for hydroxylation is 1. The maximum atomic E-state index is 10.6. The van der Waals surface area contributed by atoms with Crippen molar-refractivity contribution in [1.82, 2.24) is 15.0 Å². The van der Waals surface area contributed by atoms with E-state index in [-0.39, 0.29) is 0 Å². The van der Waals surface area contributed by atoms with Gasteiger partial charge in [0.15, 0.2) is 5.65 Å². The normalized spacial score (nSPS) is 12.3. The number of aromatic amines is 1. The number of hydrogen-bond acceptors (Lipinski definition) is 4. The lowest BCUT2D eigenvalue weighted by atomic mass is 10.1. The van der Waals surface area contributed by atoms with Gasteiger partial charge in [-0.2, -0.15) is 0 Å². The summed E-state index contributed by atoms with van der Waals surface area (Å²) in [4.78, 5) is 11.8. The molecule has 5 nitrogen and oxygen atoms in total. The van der Waals surface area contributed by atoms with Crippen LogP contribution in [-0.4, -0.2) is 20.1 Å². The molecule has 27 heavy (non-hydrogen) atoms. The van der Waals surface area contributed by atoms with Crippen molar-refractivity contribution in [1.29, 1.82) is 0 Å². The summed E-state index contributed by atoms with van der Waals surface area (Å²) in [6.07, 6.45) is 0.917. The Balaban J connectivity index is 1.46. The summed E-state index contributed by atoms with van der Waals surface area (Å²) in [5.74, 6) is 1.24. The first-order chi connectivity index (χ1) is 13.1. The lowest BCUT2D eigenvalue weighted by molar-refractivity contribution is 0.211. The van der Waals surface area contributed by atoms with E-state index in [1.807, 2.05) is 30.3 Å². The van der Waals surface area contributed by atoms with Crippen LogP contribution in [0.2, 0.25) is 0 Å². The van der Waals surface area contributed by atoms with E-state index < -0.39 is 6.10 Å². The number of ether oxygens (including phenoxy) is 1. The van der Waals surface area contributed by atoms with Crippen LogP contribution in [0.5, 0.6) is 5.75 Å². The molecule has 0 saturated carbocycles. The average molecular weight is 471 g/mol. The molecule has 0 spiro atoms. The van der Waals surface area contributed by atoms with Gasteiger partial charge in [-0.25, -0.2) is 9.97 Å². The number of hydrogen-bond donors (Lipinski definition) is 2. The number of aliphatic hydroxyl groups excluding tert-OH is 1. The number of nitrogens with zero attached hydrogens (tertiary/aromatic N) is 2. The third kappa shape index (κ3) is 4.12. The number of aromatic nitrogens is 3. The van der Waals surface area contributed by atoms with Crippen LogP contribution in [0.15, 0.2) is 60.8 Å². The van der Waals surface area contributed by atoms with Gasteiger partial charge >= 0.3 is 0 Å². The van der Waals surface area contributed by atoms with Gasteiger partial charge in [-0.15, -0.1) is 0 Å². The van der Waals surface area contributed by atoms with E-state index >= 15 is 0 Å². The summed E-state index contributed by atoms with van der Waals surface area (Å²) in [6, 6.07) is 17.6. The molecule has 2 heterocycles. The monoisotopic (exact) mass is 471 g/mol. The Morgan fingerprint density at radius 3 is 2.59 bits per heavy atom. The van der Waals surface area contributed by atoms with Gasteiger partial charge < -0.3 is 14.8 Å². The topological polar surface area (TPSA) is 71.0 Å². The van der Waals surface area contributed by atoms with Crippen molar-refractivity contribution >= 4 is 33.8 Å². The van der Waals surface area contributed by atoms with Crippen molar-refractivity contribution in [2.75, 3.05) is 0 Å². The van der Waals surface area contributed by atoms with E-state index in [0.717, 1.165) is 26.0 Å². The number of benzene rings is 2. The number of nitrogens with one attached hydrogen (secondary N) is 1. The number of aliphatic hydroxyl groups is 1. The van der Waals surface area contributed by atoms with Gasteiger partial charge in [-0.3, -0.25) is 0 Å². The smallest absolute Gasteiger partial charge is 0.157 e. The highest BCUT2D eigenvalue weighted by atomic mass is 127. The van der Waals surface area contributed by atoms with Crippen molar-refractivity contribution < 1.29 is 9.84 Å². The van der Waals surface area contributed by atoms with Crippen LogP contribution in [0, 0.1) is 10.5 Å². The first-order valence-electron chi connectivity index (χ1n) is 8.56. The Morgan fingerprint density at radius 2 is 1.85 bits per heavy atom. The van der Waals surface area contributed by atoms with Crippen LogP contribution >= 0.6 is 22.6 Å². The summed E-state index contributed by atoms with van der Waals surface area (Å²) in [5, 5.41) is 10.6. The van der Waals surface area contributed by atoms with Gasteiger partial charge in [-0.1, -0.05) is 42.0 Å². The van der Waals surface area contributed by atoms with Gasteiger partial charge in [0.05, 0.1) is 0 Å². The van der Waals surface area contributed by atoms with Crippen molar-refractivity contribution in [3.63, 3.8) is 0 Å². The molecule has 0 aliphatic carbocycles. The maximum Gasteiger partial charge on any atom is 0.157 e. The Morgan fingerprint density at radius 1 is 1.11 bits per heavy atom. The molecule has 0 radical (unpaired) electrons. The molecule has 136 valence electrons. The Bertz CT molecular complexity index is 1060. The molecular weight excluding hydrogens is 453 g/mol. The third-order valence-electron chi connectivity index (χ3n) is 4.30. The standard InChI is InChI=1S/C21H18IN3O2/c1-13-2-4-14(5-3-13)12-27-17-8-6-15(7-9-17)19(26)21-24-18-10-16(22)11-23-20(18)25-21/h2-11,19,26H,12H2,1H3,(H,23,24,25). The summed E-state index contributed by atoms with van der Waals surface area (Å²) in [7, 11) is 0. The Kier molecular flexibility index (Phi) is 5.09. The Labute approximate surface area is 170 Å². The van der Waals surface area contributed by atoms with E-state index in [4.69, 9.17) is 4.74 Å². The summed E-state index contributed by atoms with van der Waals surface area (Å²) >= 11 is 2.19. The van der Waals surface area contributed by atoms with Crippen LogP contribution in [0.4, 0.5) is 0 Å². The molecule has 4 aromatic rings. The maximum absolute atomic E-state index is 10.6. The molecule has 0 aliphatic rings. The highest BCUT2D eigenvalue weighted by molar-refractivity contribution is 14.1. The zero-order chi connectivity index (χ0) is 18.8. The molecule has 0 amide bonds. The molecule has 1 unspecified atom stereocenters. The fourth-order valence-electron chi connectivity index (χ4n) is 2.77. The number of halogens is 1. The van der Waals surface area contributed by atoms with Crippen molar-refractivity contribution in [3.8, 4) is 5.75 Å². The lowest BCUT2D eigenvalue weighted by Crippen LogP contribution is -2.02. The van der Waals surface area contributed by atoms with Crippen LogP contribution in [0.3, 0.4) is 0 Å². The number of H-pyrrole nitrogens is 1. The third-order valence-corrected chi connectivity index (χ3v) is 4.89. The molecule has 2 N–H and O–H groups in total. The number of rotatable bonds is 5. The van der Waals surface area contributed by atoms with E-state index in [1.54, 1.807) is 6.20 Å². The summed E-state index contributed by atoms with van der Waals surface area (Å²) < 4.78 is 6.82. The van der Waals surface area contributed by atoms with E-state index in [0.29, 0.717) is 18.1 Å². The minimum Gasteiger partial charge on any atom is -0.489 e. The molecule has 0 saturated heterocycles. The summed E-state index contributed by atoms with van der Waals surface area (Å²) in [5.41, 5.74) is 4.50. The first-order valence-corrected chi connectivity index (χ1v) is 9.64. The highest BCUT2D eigenvalue weighted by Crippen LogP contribution is 2.24. The average Bonchev–Trinajstić information content (AvgIpc) is 3.10. The molecule has 0 aliphatic heterocycles. The number of imidazole rings is 1. The van der Waals surface area contributed by atoms with Gasteiger partial charge in [0.25, 0.3) is 0 Å². The highest BCUT2D eigenvalue weighted by Gasteiger charge is 2.15. The first kappa shape index (κ1) is 17.9. The fourth-order valence-corrected chi connectivity index (χ4v) is 3.21. The fraction of sp³-hybridized carbons (Fsp3) is 0.143. The molecule has 0 bridgehead atoms. The van der Waals surface area contributed by atoms with Crippen LogP contribution in [0.25, 0.3) is 11.2 Å². The van der Waals surface area contributed by atoms with E-state index in [9.17, 15) is 5.11 Å². The minimum atomic E-state index is -0.844. The molecule has 4 rings (SSSR count). The molecule has 6 heteroatoms. The van der Waals surface area contributed by atoms with Gasteiger partial charge in [0, 0.05) is 9.77 Å². The predicted molar refractivity (Wildman–Crippen MR) is 113 cm³/mol. The SMILES string of the molecule is Cc1ccc(COc2ccc(C(O)c3nc4cc(I)cnc4[nH]3)cc2)cc1. The lowest BCUT2D eigenvalue weighted by Gasteiger charge is -2.10. The number of fused-ring (bicyclic) bond motifs is 1. The van der Waals surface area contributed by atoms with Gasteiger partial charge in [-0.05, 0) is 58.8 Å². The van der Waals surface area contributed by atoms with Gasteiger partial charge in [0.2, 0.25) is 0 Å². The molecule has 0 fully saturated rings. The summed E-state index contributed by atoms with van der Waals surface area (Å²) in [6.45, 7) is 2.57. The molecule has 2 aromatic heterocycles. The molecule has 2 aromatic carbocycles. The van der Waals surface area contributed by atoms with Crippen LogP contribution in [0.1, 0.15) is 28.6 Å². The second-order valence-electron chi connectivity index (χ2n) is 6.39. The number of pyridine rings is 1. The van der Waals surface area contributed by atoms with Crippen LogP contribution < -0.4 is 4.74 Å². The zero-order valence-electron chi connectivity index (χ0n) is 14.7. The van der Waals surface area contributed by atoms with E-state index in [2.05, 4.69) is 68.7 Å². The second-order valence-corrected chi connectivity index (χ2v) is 7.63. The van der Waals surface area contributed by atoms with Crippen LogP contribution in [-0.2, 0) is 6.61 Å². The predicted octanol–water partition coefficient (Wildman–Crippen LogP) is 4.53. The van der Waals surface area contributed by atoms with Crippen molar-refractivity contribution in [2.24, 2.45) is 0 Å². The minimum absolute atomic E-state index is 0.479. The quantitative estimate of drug-likeness (QED) is 0.420. The molecular formula is C21H18IN3O2. The molecule has 1 atom stereocenters. The second kappa shape index (κ2) is 7.66. The zero-order valence-corrected chi connectivity index (χ0v) is 16.8. The van der Waals surface area contributed by atoms with Gasteiger partial charge in [0.1, 0.15) is 29.8 Å². The Hall–Kier alpha value is -2.45. The van der Waals surface area contributed by atoms with Crippen molar-refractivity contribution in [3.05, 3.63) is 86.9 Å². The van der Waals surface area contributed by atoms with Crippen molar-refractivity contribution in [2.45, 2.75) is 19.6 Å². The largest absolute Gasteiger partial charge is 0.489 e. The van der Waals surface area contributed by atoms with E-state index in [1.165, 1.54) is 5.56 Å².